The Labute approximate surface area is 118 Å². The minimum absolute atomic E-state index is 0.157. The molecule has 1 amide bonds. The molecule has 0 aliphatic heterocycles. The number of hydrogen-bond donors (Lipinski definition) is 1. The van der Waals surface area contributed by atoms with Crippen molar-refractivity contribution in [3.8, 4) is 0 Å². The number of aryl methyl sites for hydroxylation is 1. The lowest BCUT2D eigenvalue weighted by Gasteiger charge is -2.16. The molecular weight excluding hydrogens is 252 g/mol. The molecule has 4 heteroatoms. The molecule has 1 aromatic heterocycles. The summed E-state index contributed by atoms with van der Waals surface area (Å²) in [6, 6.07) is 14.8. The van der Waals surface area contributed by atoms with E-state index < -0.39 is 0 Å². The molecule has 0 bridgehead atoms. The maximum Gasteiger partial charge on any atom is 0.270 e. The van der Waals surface area contributed by atoms with Gasteiger partial charge in [0.15, 0.2) is 0 Å². The third-order valence-electron chi connectivity index (χ3n) is 3.15. The Bertz CT molecular complexity index is 620. The van der Waals surface area contributed by atoms with Gasteiger partial charge in [0.25, 0.3) is 5.91 Å². The van der Waals surface area contributed by atoms with Crippen molar-refractivity contribution >= 4 is 5.91 Å². The molecule has 4 nitrogen and oxygen atoms in total. The molecule has 0 saturated heterocycles. The van der Waals surface area contributed by atoms with E-state index >= 15 is 0 Å². The smallest absolute Gasteiger partial charge is 0.270 e. The second kappa shape index (κ2) is 6.70. The first-order chi connectivity index (χ1) is 9.66. The number of carbonyl (C=O) groups excluding carboxylic acids is 1. The largest absolute Gasteiger partial charge is 0.340 e. The number of carbonyl (C=O) groups is 1. The zero-order valence-corrected chi connectivity index (χ0v) is 11.5. The molecule has 0 atom stereocenters. The third-order valence-corrected chi connectivity index (χ3v) is 3.15. The van der Waals surface area contributed by atoms with Gasteiger partial charge in [-0.2, -0.15) is 0 Å². The van der Waals surface area contributed by atoms with Crippen LogP contribution in [0.5, 0.6) is 0 Å². The summed E-state index contributed by atoms with van der Waals surface area (Å²) in [5, 5.41) is 0. The van der Waals surface area contributed by atoms with E-state index in [1.807, 2.05) is 18.2 Å². The fourth-order valence-electron chi connectivity index (χ4n) is 2.04. The van der Waals surface area contributed by atoms with Crippen LogP contribution in [-0.2, 0) is 6.42 Å². The van der Waals surface area contributed by atoms with E-state index in [1.54, 1.807) is 24.1 Å². The molecule has 0 aliphatic rings. The van der Waals surface area contributed by atoms with E-state index in [9.17, 15) is 9.59 Å². The molecule has 0 radical (unpaired) electrons. The molecular formula is C16H18N2O2. The van der Waals surface area contributed by atoms with Gasteiger partial charge in [-0.3, -0.25) is 9.59 Å². The van der Waals surface area contributed by atoms with Gasteiger partial charge in [-0.15, -0.1) is 0 Å². The quantitative estimate of drug-likeness (QED) is 0.904. The molecule has 1 aromatic carbocycles. The Morgan fingerprint density at radius 3 is 2.55 bits per heavy atom. The van der Waals surface area contributed by atoms with Gasteiger partial charge in [-0.1, -0.05) is 36.4 Å². The van der Waals surface area contributed by atoms with Crippen molar-refractivity contribution in [1.29, 1.82) is 0 Å². The second-order valence-electron chi connectivity index (χ2n) is 4.74. The molecule has 0 spiro atoms. The topological polar surface area (TPSA) is 53.2 Å². The highest BCUT2D eigenvalue weighted by Gasteiger charge is 2.11. The van der Waals surface area contributed by atoms with Crippen LogP contribution in [0.25, 0.3) is 0 Å². The Morgan fingerprint density at radius 2 is 1.85 bits per heavy atom. The summed E-state index contributed by atoms with van der Waals surface area (Å²) in [4.78, 5) is 27.5. The van der Waals surface area contributed by atoms with Crippen LogP contribution in [0.4, 0.5) is 0 Å². The van der Waals surface area contributed by atoms with Crippen molar-refractivity contribution in [2.75, 3.05) is 13.6 Å². The zero-order valence-electron chi connectivity index (χ0n) is 11.5. The molecule has 20 heavy (non-hydrogen) atoms. The summed E-state index contributed by atoms with van der Waals surface area (Å²) < 4.78 is 0. The van der Waals surface area contributed by atoms with Crippen molar-refractivity contribution in [3.05, 3.63) is 70.1 Å². The van der Waals surface area contributed by atoms with Gasteiger partial charge in [0.2, 0.25) is 5.56 Å². The van der Waals surface area contributed by atoms with Crippen LogP contribution < -0.4 is 5.56 Å². The minimum atomic E-state index is -0.256. The van der Waals surface area contributed by atoms with Crippen LogP contribution in [0.2, 0.25) is 0 Å². The summed E-state index contributed by atoms with van der Waals surface area (Å²) >= 11 is 0. The molecule has 0 aliphatic carbocycles. The standard InChI is InChI=1S/C16H18N2O2/c1-18(12-6-9-13-7-3-2-4-8-13)16(20)14-10-5-11-15(19)17-14/h2-5,7-8,10-11H,6,9,12H2,1H3,(H,17,19). The van der Waals surface area contributed by atoms with Crippen molar-refractivity contribution in [2.45, 2.75) is 12.8 Å². The summed E-state index contributed by atoms with van der Waals surface area (Å²) in [5.74, 6) is -0.157. The van der Waals surface area contributed by atoms with Crippen molar-refractivity contribution < 1.29 is 4.79 Å². The van der Waals surface area contributed by atoms with Gasteiger partial charge >= 0.3 is 0 Å². The van der Waals surface area contributed by atoms with Crippen LogP contribution in [0.15, 0.2) is 53.3 Å². The Kier molecular flexibility index (Phi) is 4.71. The number of benzene rings is 1. The number of pyridine rings is 1. The van der Waals surface area contributed by atoms with Crippen LogP contribution in [0.3, 0.4) is 0 Å². The van der Waals surface area contributed by atoms with E-state index in [4.69, 9.17) is 0 Å². The SMILES string of the molecule is CN(CCCc1ccccc1)C(=O)c1cccc(=O)[nH]1. The normalized spacial score (nSPS) is 10.2. The first-order valence-corrected chi connectivity index (χ1v) is 6.65. The van der Waals surface area contributed by atoms with Gasteiger partial charge in [0.05, 0.1) is 0 Å². The first kappa shape index (κ1) is 14.1. The van der Waals surface area contributed by atoms with E-state index in [-0.39, 0.29) is 11.5 Å². The lowest BCUT2D eigenvalue weighted by molar-refractivity contribution is 0.0787. The lowest BCUT2D eigenvalue weighted by Crippen LogP contribution is -2.30. The molecule has 2 aromatic rings. The van der Waals surface area contributed by atoms with Crippen LogP contribution in [0.1, 0.15) is 22.5 Å². The van der Waals surface area contributed by atoms with E-state index in [0.717, 1.165) is 12.8 Å². The van der Waals surface area contributed by atoms with E-state index in [0.29, 0.717) is 12.2 Å². The maximum atomic E-state index is 12.1. The van der Waals surface area contributed by atoms with Gasteiger partial charge in [0.1, 0.15) is 5.69 Å². The highest BCUT2D eigenvalue weighted by molar-refractivity contribution is 5.91. The monoisotopic (exact) mass is 270 g/mol. The van der Waals surface area contributed by atoms with Crippen molar-refractivity contribution in [1.82, 2.24) is 9.88 Å². The Morgan fingerprint density at radius 1 is 1.10 bits per heavy atom. The van der Waals surface area contributed by atoms with E-state index in [1.165, 1.54) is 11.6 Å². The number of nitrogens with one attached hydrogen (secondary N) is 1. The first-order valence-electron chi connectivity index (χ1n) is 6.65. The second-order valence-corrected chi connectivity index (χ2v) is 4.74. The fourth-order valence-corrected chi connectivity index (χ4v) is 2.04. The fraction of sp³-hybridized carbons (Fsp3) is 0.250. The Hall–Kier alpha value is -2.36. The lowest BCUT2D eigenvalue weighted by atomic mass is 10.1. The number of rotatable bonds is 5. The zero-order chi connectivity index (χ0) is 14.4. The molecule has 1 N–H and O–H groups in total. The van der Waals surface area contributed by atoms with Crippen LogP contribution in [-0.4, -0.2) is 29.4 Å². The van der Waals surface area contributed by atoms with Crippen LogP contribution >= 0.6 is 0 Å². The highest BCUT2D eigenvalue weighted by Crippen LogP contribution is 2.04. The number of amides is 1. The molecule has 2 rings (SSSR count). The van der Waals surface area contributed by atoms with Gasteiger partial charge in [0, 0.05) is 19.7 Å². The molecule has 1 heterocycles. The van der Waals surface area contributed by atoms with Crippen molar-refractivity contribution in [3.63, 3.8) is 0 Å². The average Bonchev–Trinajstić information content (AvgIpc) is 2.47. The maximum absolute atomic E-state index is 12.1. The number of aromatic amines is 1. The average molecular weight is 270 g/mol. The Balaban J connectivity index is 1.87. The van der Waals surface area contributed by atoms with Gasteiger partial charge in [-0.25, -0.2) is 0 Å². The summed E-state index contributed by atoms with van der Waals surface area (Å²) in [6.45, 7) is 0.657. The van der Waals surface area contributed by atoms with Gasteiger partial charge in [-0.05, 0) is 24.5 Å². The molecule has 0 fully saturated rings. The highest BCUT2D eigenvalue weighted by atomic mass is 16.2. The molecule has 0 saturated carbocycles. The summed E-state index contributed by atoms with van der Waals surface area (Å²) in [6.07, 6.45) is 1.83. The number of H-pyrrole nitrogens is 1. The predicted octanol–water partition coefficient (Wildman–Crippen LogP) is 2.08. The number of hydrogen-bond acceptors (Lipinski definition) is 2. The van der Waals surface area contributed by atoms with Crippen molar-refractivity contribution in [2.24, 2.45) is 0 Å². The third kappa shape index (κ3) is 3.82. The summed E-state index contributed by atoms with van der Waals surface area (Å²) in [7, 11) is 1.75. The summed E-state index contributed by atoms with van der Waals surface area (Å²) in [5.41, 5.74) is 1.34. The number of aromatic nitrogens is 1. The number of nitrogens with zero attached hydrogens (tertiary/aromatic N) is 1. The predicted molar refractivity (Wildman–Crippen MR) is 78.8 cm³/mol. The van der Waals surface area contributed by atoms with Gasteiger partial charge < -0.3 is 9.88 Å². The van der Waals surface area contributed by atoms with E-state index in [2.05, 4.69) is 17.1 Å². The molecule has 104 valence electrons. The van der Waals surface area contributed by atoms with Crippen LogP contribution in [0, 0.1) is 0 Å². The molecule has 0 unspecified atom stereocenters. The minimum Gasteiger partial charge on any atom is -0.340 e.